The van der Waals surface area contributed by atoms with Crippen molar-refractivity contribution >= 4 is 33.3 Å². The molecule has 0 saturated carbocycles. The largest absolute Gasteiger partial charge is 0.351 e. The highest BCUT2D eigenvalue weighted by molar-refractivity contribution is 6.12. The first kappa shape index (κ1) is 16.1. The molecule has 0 aliphatic rings. The Morgan fingerprint density at radius 3 is 2.77 bits per heavy atom. The minimum atomic E-state index is -0.230. The number of hydrogen-bond acceptors (Lipinski definition) is 2. The van der Waals surface area contributed by atoms with E-state index in [4.69, 9.17) is 0 Å². The van der Waals surface area contributed by atoms with E-state index in [0.717, 1.165) is 28.1 Å². The summed E-state index contributed by atoms with van der Waals surface area (Å²) in [5.74, 6) is -0.230. The number of nitrogens with zero attached hydrogens (tertiary/aromatic N) is 1. The summed E-state index contributed by atoms with van der Waals surface area (Å²) in [5, 5.41) is 6.13. The second kappa shape index (κ2) is 6.52. The van der Waals surface area contributed by atoms with Crippen LogP contribution in [0.3, 0.4) is 0 Å². The zero-order valence-electron chi connectivity index (χ0n) is 14.5. The third kappa shape index (κ3) is 2.88. The summed E-state index contributed by atoms with van der Waals surface area (Å²) in [6.45, 7) is 2.63. The lowest BCUT2D eigenvalue weighted by Crippen LogP contribution is -2.20. The number of nitrogens with one attached hydrogen (secondary N) is 2. The van der Waals surface area contributed by atoms with Crippen LogP contribution in [0.15, 0.2) is 65.6 Å². The zero-order chi connectivity index (χ0) is 18.1. The molecule has 1 amide bonds. The molecule has 0 radical (unpaired) electrons. The summed E-state index contributed by atoms with van der Waals surface area (Å²) in [7, 11) is 0. The summed E-state index contributed by atoms with van der Waals surface area (Å²) in [4.78, 5) is 27.6. The molecule has 5 nitrogen and oxygen atoms in total. The summed E-state index contributed by atoms with van der Waals surface area (Å²) in [5.41, 5.74) is 1.95. The van der Waals surface area contributed by atoms with Crippen molar-refractivity contribution in [2.75, 3.05) is 5.32 Å². The number of aryl methyl sites for hydroxylation is 1. The first-order valence-corrected chi connectivity index (χ1v) is 8.68. The Labute approximate surface area is 150 Å². The lowest BCUT2D eigenvalue weighted by Gasteiger charge is -2.08. The van der Waals surface area contributed by atoms with E-state index in [2.05, 4.69) is 16.4 Å². The van der Waals surface area contributed by atoms with E-state index in [1.54, 1.807) is 16.8 Å². The maximum absolute atomic E-state index is 12.6. The molecule has 2 aromatic carbocycles. The van der Waals surface area contributed by atoms with Crippen molar-refractivity contribution in [2.45, 2.75) is 19.9 Å². The van der Waals surface area contributed by atoms with Crippen LogP contribution in [0.25, 0.3) is 21.7 Å². The van der Waals surface area contributed by atoms with E-state index in [0.29, 0.717) is 17.9 Å². The smallest absolute Gasteiger partial charge is 0.272 e. The lowest BCUT2D eigenvalue weighted by molar-refractivity contribution is 0.102. The third-order valence-electron chi connectivity index (χ3n) is 4.48. The van der Waals surface area contributed by atoms with Crippen molar-refractivity contribution in [3.63, 3.8) is 0 Å². The Morgan fingerprint density at radius 2 is 1.92 bits per heavy atom. The van der Waals surface area contributed by atoms with Gasteiger partial charge in [-0.3, -0.25) is 9.59 Å². The maximum Gasteiger partial charge on any atom is 0.272 e. The highest BCUT2D eigenvalue weighted by atomic mass is 16.2. The lowest BCUT2D eigenvalue weighted by atomic mass is 10.1. The Kier molecular flexibility index (Phi) is 4.05. The van der Waals surface area contributed by atoms with E-state index >= 15 is 0 Å². The molecule has 0 unspecified atom stereocenters. The monoisotopic (exact) mass is 345 g/mol. The van der Waals surface area contributed by atoms with Gasteiger partial charge in [0.15, 0.2) is 0 Å². The van der Waals surface area contributed by atoms with Crippen LogP contribution >= 0.6 is 0 Å². The number of H-pyrrole nitrogens is 1. The van der Waals surface area contributed by atoms with Crippen LogP contribution in [0, 0.1) is 0 Å². The average Bonchev–Trinajstić information content (AvgIpc) is 3.10. The number of aromatic nitrogens is 2. The molecular formula is C21H19N3O2. The van der Waals surface area contributed by atoms with Crippen LogP contribution in [0.5, 0.6) is 0 Å². The molecule has 0 spiro atoms. The van der Waals surface area contributed by atoms with Crippen LogP contribution in [-0.2, 0) is 6.54 Å². The summed E-state index contributed by atoms with van der Waals surface area (Å²) in [6.07, 6.45) is 2.54. The van der Waals surface area contributed by atoms with Gasteiger partial charge in [0, 0.05) is 29.7 Å². The van der Waals surface area contributed by atoms with Crippen molar-refractivity contribution in [1.82, 2.24) is 9.55 Å². The van der Waals surface area contributed by atoms with E-state index in [1.807, 2.05) is 43.3 Å². The minimum Gasteiger partial charge on any atom is -0.351 e. The molecule has 0 aliphatic heterocycles. The summed E-state index contributed by atoms with van der Waals surface area (Å²) < 4.78 is 1.61. The van der Waals surface area contributed by atoms with Crippen LogP contribution in [0.1, 0.15) is 23.8 Å². The van der Waals surface area contributed by atoms with Gasteiger partial charge in [-0.05, 0) is 35.4 Å². The number of anilines is 1. The molecule has 2 heterocycles. The second-order valence-corrected chi connectivity index (χ2v) is 6.33. The van der Waals surface area contributed by atoms with Gasteiger partial charge in [-0.15, -0.1) is 0 Å². The summed E-state index contributed by atoms with van der Waals surface area (Å²) >= 11 is 0. The molecule has 2 N–H and O–H groups in total. The number of carbonyl (C=O) groups excluding carboxylic acids is 1. The van der Waals surface area contributed by atoms with Gasteiger partial charge in [-0.1, -0.05) is 37.3 Å². The predicted octanol–water partition coefficient (Wildman–Crippen LogP) is 4.15. The number of pyridine rings is 1. The fraction of sp³-hybridized carbons (Fsp3) is 0.143. The number of hydrogen-bond donors (Lipinski definition) is 2. The predicted molar refractivity (Wildman–Crippen MR) is 105 cm³/mol. The number of carbonyl (C=O) groups is 1. The number of amides is 1. The van der Waals surface area contributed by atoms with Crippen molar-refractivity contribution < 1.29 is 4.79 Å². The van der Waals surface area contributed by atoms with Gasteiger partial charge in [-0.2, -0.15) is 0 Å². The van der Waals surface area contributed by atoms with Crippen LogP contribution in [0.4, 0.5) is 5.69 Å². The normalized spacial score (nSPS) is 11.1. The SMILES string of the molecule is CCCn1cc(NC(=O)c2cc3c(ccc4ccccc43)[nH]2)ccc1=O. The van der Waals surface area contributed by atoms with Gasteiger partial charge < -0.3 is 14.9 Å². The van der Waals surface area contributed by atoms with Gasteiger partial charge in [0.1, 0.15) is 5.69 Å². The fourth-order valence-corrected chi connectivity index (χ4v) is 3.23. The standard InChI is InChI=1S/C21H19N3O2/c1-2-11-24-13-15(8-10-20(24)25)22-21(26)19-12-17-16-6-4-3-5-14(16)7-9-18(17)23-19/h3-10,12-13,23H,2,11H2,1H3,(H,22,26). The topological polar surface area (TPSA) is 66.9 Å². The first-order valence-electron chi connectivity index (χ1n) is 8.68. The van der Waals surface area contributed by atoms with Gasteiger partial charge in [-0.25, -0.2) is 0 Å². The van der Waals surface area contributed by atoms with E-state index in [-0.39, 0.29) is 11.5 Å². The highest BCUT2D eigenvalue weighted by Gasteiger charge is 2.12. The van der Waals surface area contributed by atoms with Crippen molar-refractivity contribution in [3.8, 4) is 0 Å². The van der Waals surface area contributed by atoms with Crippen LogP contribution in [-0.4, -0.2) is 15.5 Å². The second-order valence-electron chi connectivity index (χ2n) is 6.33. The zero-order valence-corrected chi connectivity index (χ0v) is 14.5. The van der Waals surface area contributed by atoms with Gasteiger partial charge in [0.2, 0.25) is 0 Å². The van der Waals surface area contributed by atoms with E-state index in [9.17, 15) is 9.59 Å². The molecule has 4 aromatic rings. The first-order chi connectivity index (χ1) is 12.7. The number of aromatic amines is 1. The van der Waals surface area contributed by atoms with E-state index in [1.165, 1.54) is 6.07 Å². The van der Waals surface area contributed by atoms with Gasteiger partial charge in [0.25, 0.3) is 11.5 Å². The number of benzene rings is 2. The Balaban J connectivity index is 1.67. The molecular weight excluding hydrogens is 326 g/mol. The average molecular weight is 345 g/mol. The molecule has 0 aliphatic carbocycles. The third-order valence-corrected chi connectivity index (χ3v) is 4.48. The highest BCUT2D eigenvalue weighted by Crippen LogP contribution is 2.26. The molecule has 0 saturated heterocycles. The quantitative estimate of drug-likeness (QED) is 0.583. The Bertz CT molecular complexity index is 1170. The molecule has 0 atom stereocenters. The van der Waals surface area contributed by atoms with Gasteiger partial charge in [0.05, 0.1) is 5.69 Å². The maximum atomic E-state index is 12.6. The number of fused-ring (bicyclic) bond motifs is 3. The van der Waals surface area contributed by atoms with Crippen LogP contribution < -0.4 is 10.9 Å². The summed E-state index contributed by atoms with van der Waals surface area (Å²) in [6, 6.07) is 17.1. The van der Waals surface area contributed by atoms with Crippen LogP contribution in [0.2, 0.25) is 0 Å². The Hall–Kier alpha value is -3.34. The number of rotatable bonds is 4. The molecule has 26 heavy (non-hydrogen) atoms. The Morgan fingerprint density at radius 1 is 1.08 bits per heavy atom. The molecule has 0 bridgehead atoms. The fourth-order valence-electron chi connectivity index (χ4n) is 3.23. The molecule has 2 aromatic heterocycles. The van der Waals surface area contributed by atoms with E-state index < -0.39 is 0 Å². The van der Waals surface area contributed by atoms with Gasteiger partial charge >= 0.3 is 0 Å². The molecule has 0 fully saturated rings. The van der Waals surface area contributed by atoms with Crippen molar-refractivity contribution in [3.05, 3.63) is 76.8 Å². The molecule has 4 rings (SSSR count). The minimum absolute atomic E-state index is 0.0677. The molecule has 130 valence electrons. The molecule has 5 heteroatoms. The van der Waals surface area contributed by atoms with Crippen molar-refractivity contribution in [2.24, 2.45) is 0 Å². The van der Waals surface area contributed by atoms with Crippen molar-refractivity contribution in [1.29, 1.82) is 0 Å².